The quantitative estimate of drug-likeness (QED) is 0.554. The minimum absolute atomic E-state index is 0.175. The van der Waals surface area contributed by atoms with Crippen molar-refractivity contribution < 1.29 is 24.5 Å². The zero-order valence-electron chi connectivity index (χ0n) is 9.59. The molecular formula is C10H18N2O5. The smallest absolute Gasteiger partial charge is 0.329 e. The minimum atomic E-state index is -1.03. The molecule has 0 aliphatic carbocycles. The predicted molar refractivity (Wildman–Crippen MR) is 58.7 cm³/mol. The van der Waals surface area contributed by atoms with Crippen LogP contribution in [0.25, 0.3) is 0 Å². The van der Waals surface area contributed by atoms with Crippen molar-refractivity contribution in [2.75, 3.05) is 32.8 Å². The standard InChI is InChI=1S/C10H18N2O5/c13-8-1-4-12(5-2-8)10(16)11-3-6-17-7-9(14)15/h8,13H,1-7H2,(H,11,16)(H,14,15). The first-order valence-corrected chi connectivity index (χ1v) is 5.60. The summed E-state index contributed by atoms with van der Waals surface area (Å²) in [5.74, 6) is -1.03. The fraction of sp³-hybridized carbons (Fsp3) is 0.800. The van der Waals surface area contributed by atoms with E-state index in [4.69, 9.17) is 9.84 Å². The van der Waals surface area contributed by atoms with Crippen LogP contribution in [-0.4, -0.2) is 66.1 Å². The second kappa shape index (κ2) is 7.08. The molecule has 7 nitrogen and oxygen atoms in total. The molecule has 0 radical (unpaired) electrons. The number of amides is 2. The highest BCUT2D eigenvalue weighted by molar-refractivity contribution is 5.74. The van der Waals surface area contributed by atoms with Gasteiger partial charge in [-0.3, -0.25) is 0 Å². The van der Waals surface area contributed by atoms with Gasteiger partial charge >= 0.3 is 12.0 Å². The van der Waals surface area contributed by atoms with Crippen molar-refractivity contribution in [3.8, 4) is 0 Å². The SMILES string of the molecule is O=C(O)COCCNC(=O)N1CCC(O)CC1. The number of carboxylic acids is 1. The molecule has 1 aliphatic heterocycles. The van der Waals surface area contributed by atoms with Crippen LogP contribution in [0, 0.1) is 0 Å². The first kappa shape index (κ1) is 13.7. The third-order valence-corrected chi connectivity index (χ3v) is 2.50. The van der Waals surface area contributed by atoms with Gasteiger partial charge in [-0.1, -0.05) is 0 Å². The van der Waals surface area contributed by atoms with Gasteiger partial charge in [-0.15, -0.1) is 0 Å². The highest BCUT2D eigenvalue weighted by atomic mass is 16.5. The van der Waals surface area contributed by atoms with E-state index < -0.39 is 5.97 Å². The Morgan fingerprint density at radius 3 is 2.59 bits per heavy atom. The van der Waals surface area contributed by atoms with Gasteiger partial charge in [-0.2, -0.15) is 0 Å². The average molecular weight is 246 g/mol. The van der Waals surface area contributed by atoms with E-state index in [0.717, 1.165) is 0 Å². The van der Waals surface area contributed by atoms with Crippen molar-refractivity contribution in [2.24, 2.45) is 0 Å². The first-order chi connectivity index (χ1) is 8.09. The van der Waals surface area contributed by atoms with Gasteiger partial charge in [0, 0.05) is 19.6 Å². The van der Waals surface area contributed by atoms with Gasteiger partial charge in [-0.05, 0) is 12.8 Å². The molecule has 7 heteroatoms. The summed E-state index contributed by atoms with van der Waals surface area (Å²) in [5.41, 5.74) is 0. The van der Waals surface area contributed by atoms with Crippen LogP contribution in [0.1, 0.15) is 12.8 Å². The van der Waals surface area contributed by atoms with Crippen molar-refractivity contribution in [3.63, 3.8) is 0 Å². The fourth-order valence-electron chi connectivity index (χ4n) is 1.57. The van der Waals surface area contributed by atoms with Crippen LogP contribution in [0.2, 0.25) is 0 Å². The number of nitrogens with zero attached hydrogens (tertiary/aromatic N) is 1. The number of piperidine rings is 1. The van der Waals surface area contributed by atoms with Crippen LogP contribution in [0.5, 0.6) is 0 Å². The number of carbonyl (C=O) groups is 2. The van der Waals surface area contributed by atoms with Crippen LogP contribution in [0.3, 0.4) is 0 Å². The Bertz CT molecular complexity index is 263. The lowest BCUT2D eigenvalue weighted by molar-refractivity contribution is -0.142. The molecule has 0 spiro atoms. The van der Waals surface area contributed by atoms with E-state index in [2.05, 4.69) is 5.32 Å². The van der Waals surface area contributed by atoms with Gasteiger partial charge in [0.25, 0.3) is 0 Å². The summed E-state index contributed by atoms with van der Waals surface area (Å²) in [6.45, 7) is 1.19. The summed E-state index contributed by atoms with van der Waals surface area (Å²) in [7, 11) is 0. The molecule has 0 bridgehead atoms. The maximum Gasteiger partial charge on any atom is 0.329 e. The zero-order valence-corrected chi connectivity index (χ0v) is 9.59. The summed E-state index contributed by atoms with van der Waals surface area (Å²) in [6, 6.07) is -0.198. The number of hydrogen-bond donors (Lipinski definition) is 3. The summed E-state index contributed by atoms with van der Waals surface area (Å²) in [5, 5.41) is 20.2. The lowest BCUT2D eigenvalue weighted by Crippen LogP contribution is -2.46. The average Bonchev–Trinajstić information content (AvgIpc) is 2.29. The summed E-state index contributed by atoms with van der Waals surface area (Å²) >= 11 is 0. The number of carboxylic acid groups (broad SMARTS) is 1. The maximum atomic E-state index is 11.6. The van der Waals surface area contributed by atoms with Gasteiger partial charge in [0.1, 0.15) is 6.61 Å². The fourth-order valence-corrected chi connectivity index (χ4v) is 1.57. The molecule has 1 rings (SSSR count). The number of likely N-dealkylation sites (tertiary alicyclic amines) is 1. The lowest BCUT2D eigenvalue weighted by Gasteiger charge is -2.29. The molecule has 3 N–H and O–H groups in total. The van der Waals surface area contributed by atoms with E-state index in [1.165, 1.54) is 0 Å². The van der Waals surface area contributed by atoms with Crippen molar-refractivity contribution >= 4 is 12.0 Å². The highest BCUT2D eigenvalue weighted by Crippen LogP contribution is 2.09. The number of hydrogen-bond acceptors (Lipinski definition) is 4. The van der Waals surface area contributed by atoms with E-state index in [1.54, 1.807) is 4.90 Å². The van der Waals surface area contributed by atoms with Crippen LogP contribution < -0.4 is 5.32 Å². The van der Waals surface area contributed by atoms with Crippen LogP contribution in [-0.2, 0) is 9.53 Å². The number of aliphatic hydroxyl groups is 1. The number of aliphatic carboxylic acids is 1. The molecule has 1 aliphatic rings. The van der Waals surface area contributed by atoms with Crippen LogP contribution in [0.4, 0.5) is 4.79 Å². The van der Waals surface area contributed by atoms with Gasteiger partial charge in [0.15, 0.2) is 0 Å². The van der Waals surface area contributed by atoms with Gasteiger partial charge in [0.05, 0.1) is 12.7 Å². The summed E-state index contributed by atoms with van der Waals surface area (Å²) in [4.78, 5) is 23.3. The number of nitrogens with one attached hydrogen (secondary N) is 1. The van der Waals surface area contributed by atoms with E-state index in [0.29, 0.717) is 25.9 Å². The third kappa shape index (κ3) is 5.50. The Morgan fingerprint density at radius 1 is 1.35 bits per heavy atom. The molecule has 0 unspecified atom stereocenters. The summed E-state index contributed by atoms with van der Waals surface area (Å²) in [6.07, 6.45) is 0.893. The van der Waals surface area contributed by atoms with E-state index in [9.17, 15) is 14.7 Å². The predicted octanol–water partition coefficient (Wildman–Crippen LogP) is -0.746. The monoisotopic (exact) mass is 246 g/mol. The number of ether oxygens (including phenoxy) is 1. The van der Waals surface area contributed by atoms with E-state index in [1.807, 2.05) is 0 Å². The van der Waals surface area contributed by atoms with Gasteiger partial charge < -0.3 is 25.2 Å². The minimum Gasteiger partial charge on any atom is -0.480 e. The number of rotatable bonds is 5. The van der Waals surface area contributed by atoms with E-state index in [-0.39, 0.29) is 31.9 Å². The highest BCUT2D eigenvalue weighted by Gasteiger charge is 2.20. The molecule has 1 saturated heterocycles. The van der Waals surface area contributed by atoms with E-state index >= 15 is 0 Å². The molecule has 0 aromatic heterocycles. The Morgan fingerprint density at radius 2 is 2.00 bits per heavy atom. The number of aliphatic hydroxyl groups excluding tert-OH is 1. The second-order valence-corrected chi connectivity index (χ2v) is 3.90. The first-order valence-electron chi connectivity index (χ1n) is 5.60. The normalized spacial score (nSPS) is 16.9. The molecular weight excluding hydrogens is 228 g/mol. The Labute approximate surface area is 99.4 Å². The van der Waals surface area contributed by atoms with Crippen molar-refractivity contribution in [2.45, 2.75) is 18.9 Å². The van der Waals surface area contributed by atoms with Crippen molar-refractivity contribution in [1.29, 1.82) is 0 Å². The molecule has 17 heavy (non-hydrogen) atoms. The molecule has 1 fully saturated rings. The number of urea groups is 1. The lowest BCUT2D eigenvalue weighted by atomic mass is 10.1. The molecule has 0 aromatic carbocycles. The second-order valence-electron chi connectivity index (χ2n) is 3.90. The maximum absolute atomic E-state index is 11.6. The zero-order chi connectivity index (χ0) is 12.7. The molecule has 98 valence electrons. The van der Waals surface area contributed by atoms with Gasteiger partial charge in [0.2, 0.25) is 0 Å². The Kier molecular flexibility index (Phi) is 5.71. The molecule has 0 aromatic rings. The number of carbonyl (C=O) groups excluding carboxylic acids is 1. The summed E-state index contributed by atoms with van der Waals surface area (Å²) < 4.78 is 4.78. The molecule has 0 atom stereocenters. The molecule has 2 amide bonds. The largest absolute Gasteiger partial charge is 0.480 e. The van der Waals surface area contributed by atoms with Crippen LogP contribution in [0.15, 0.2) is 0 Å². The molecule has 0 saturated carbocycles. The third-order valence-electron chi connectivity index (χ3n) is 2.50. The Balaban J connectivity index is 2.06. The Hall–Kier alpha value is -1.34. The molecule has 1 heterocycles. The van der Waals surface area contributed by atoms with Crippen LogP contribution >= 0.6 is 0 Å². The topological polar surface area (TPSA) is 99.1 Å². The van der Waals surface area contributed by atoms with Crippen molar-refractivity contribution in [1.82, 2.24) is 10.2 Å². The van der Waals surface area contributed by atoms with Crippen molar-refractivity contribution in [3.05, 3.63) is 0 Å². The van der Waals surface area contributed by atoms with Gasteiger partial charge in [-0.25, -0.2) is 9.59 Å².